The van der Waals surface area contributed by atoms with Crippen LogP contribution in [0.5, 0.6) is 0 Å². The Morgan fingerprint density at radius 2 is 2.05 bits per heavy atom. The van der Waals surface area contributed by atoms with E-state index in [4.69, 9.17) is 0 Å². The van der Waals surface area contributed by atoms with Gasteiger partial charge < -0.3 is 10.2 Å². The molecule has 2 aromatic rings. The first-order valence-corrected chi connectivity index (χ1v) is 8.25. The highest BCUT2D eigenvalue weighted by Crippen LogP contribution is 2.23. The van der Waals surface area contributed by atoms with Crippen LogP contribution in [0.3, 0.4) is 0 Å². The van der Waals surface area contributed by atoms with Crippen molar-refractivity contribution >= 4 is 23.2 Å². The average molecular weight is 314 g/mol. The summed E-state index contributed by atoms with van der Waals surface area (Å²) in [6.45, 7) is 1.02. The van der Waals surface area contributed by atoms with E-state index in [0.717, 1.165) is 10.4 Å². The summed E-state index contributed by atoms with van der Waals surface area (Å²) in [4.78, 5) is 27.2. The summed E-state index contributed by atoms with van der Waals surface area (Å²) in [6, 6.07) is 13.4. The summed E-state index contributed by atoms with van der Waals surface area (Å²) in [5, 5.41) is 4.93. The van der Waals surface area contributed by atoms with Crippen LogP contribution in [0.2, 0.25) is 0 Å². The monoisotopic (exact) mass is 314 g/mol. The predicted molar refractivity (Wildman–Crippen MR) is 86.2 cm³/mol. The maximum atomic E-state index is 12.4. The quantitative estimate of drug-likeness (QED) is 0.922. The van der Waals surface area contributed by atoms with Gasteiger partial charge in [-0.25, -0.2) is 0 Å². The molecule has 1 aliphatic heterocycles. The van der Waals surface area contributed by atoms with Gasteiger partial charge in [-0.1, -0.05) is 36.4 Å². The number of carbonyl (C=O) groups excluding carboxylic acids is 2. The molecular formula is C17H18N2O2S. The van der Waals surface area contributed by atoms with Gasteiger partial charge in [0.15, 0.2) is 0 Å². The second-order valence-corrected chi connectivity index (χ2v) is 6.39. The molecule has 0 spiro atoms. The first-order chi connectivity index (χ1) is 10.7. The summed E-state index contributed by atoms with van der Waals surface area (Å²) < 4.78 is 0. The fourth-order valence-corrected chi connectivity index (χ4v) is 3.38. The van der Waals surface area contributed by atoms with Crippen LogP contribution in [-0.4, -0.2) is 22.8 Å². The first-order valence-electron chi connectivity index (χ1n) is 7.37. The molecule has 2 heterocycles. The lowest BCUT2D eigenvalue weighted by molar-refractivity contribution is -0.135. The predicted octanol–water partition coefficient (Wildman–Crippen LogP) is 2.56. The average Bonchev–Trinajstić information content (AvgIpc) is 3.17. The van der Waals surface area contributed by atoms with E-state index in [-0.39, 0.29) is 17.9 Å². The van der Waals surface area contributed by atoms with Crippen LogP contribution in [0.15, 0.2) is 47.8 Å². The fourth-order valence-electron chi connectivity index (χ4n) is 2.68. The minimum Gasteiger partial charge on any atom is -0.350 e. The van der Waals surface area contributed by atoms with E-state index in [2.05, 4.69) is 5.32 Å². The molecular weight excluding hydrogens is 296 g/mol. The lowest BCUT2D eigenvalue weighted by atomic mass is 10.2. The van der Waals surface area contributed by atoms with Crippen LogP contribution in [-0.2, 0) is 22.7 Å². The van der Waals surface area contributed by atoms with Crippen molar-refractivity contribution in [2.75, 3.05) is 0 Å². The van der Waals surface area contributed by atoms with Gasteiger partial charge in [0.1, 0.15) is 6.04 Å². The first kappa shape index (κ1) is 14.8. The number of thiophene rings is 1. The van der Waals surface area contributed by atoms with Gasteiger partial charge in [0.2, 0.25) is 11.8 Å². The number of carbonyl (C=O) groups is 2. The van der Waals surface area contributed by atoms with Gasteiger partial charge in [0, 0.05) is 17.8 Å². The fraction of sp³-hybridized carbons (Fsp3) is 0.294. The van der Waals surface area contributed by atoms with E-state index in [1.165, 1.54) is 0 Å². The molecule has 1 aromatic heterocycles. The maximum absolute atomic E-state index is 12.4. The largest absolute Gasteiger partial charge is 0.350 e. The molecule has 1 saturated heterocycles. The summed E-state index contributed by atoms with van der Waals surface area (Å²) in [6.07, 6.45) is 1.06. The summed E-state index contributed by atoms with van der Waals surface area (Å²) in [5.41, 5.74) is 1.06. The Balaban J connectivity index is 1.61. The standard InChI is InChI=1S/C17H18N2O2S/c20-16-9-8-15(19(16)12-14-7-4-10-22-14)17(21)18-11-13-5-2-1-3-6-13/h1-7,10,15H,8-9,11-12H2,(H,18,21)/t15-/m0/s1. The van der Waals surface area contributed by atoms with E-state index in [9.17, 15) is 9.59 Å². The zero-order valence-corrected chi connectivity index (χ0v) is 13.0. The van der Waals surface area contributed by atoms with Crippen molar-refractivity contribution in [3.63, 3.8) is 0 Å². The topological polar surface area (TPSA) is 49.4 Å². The molecule has 0 radical (unpaired) electrons. The minimum atomic E-state index is -0.349. The van der Waals surface area contributed by atoms with Crippen molar-refractivity contribution in [3.05, 3.63) is 58.3 Å². The van der Waals surface area contributed by atoms with E-state index in [0.29, 0.717) is 25.9 Å². The van der Waals surface area contributed by atoms with Crippen LogP contribution in [0.25, 0.3) is 0 Å². The van der Waals surface area contributed by atoms with E-state index < -0.39 is 0 Å². The van der Waals surface area contributed by atoms with Crippen molar-refractivity contribution in [1.29, 1.82) is 0 Å². The Bertz CT molecular complexity index is 640. The summed E-state index contributed by atoms with van der Waals surface area (Å²) in [5.74, 6) is -0.000444. The molecule has 3 rings (SSSR count). The van der Waals surface area contributed by atoms with Crippen molar-refractivity contribution in [2.24, 2.45) is 0 Å². The van der Waals surface area contributed by atoms with Gasteiger partial charge in [0.05, 0.1) is 6.54 Å². The maximum Gasteiger partial charge on any atom is 0.243 e. The number of rotatable bonds is 5. The SMILES string of the molecule is O=C(NCc1ccccc1)[C@@H]1CCC(=O)N1Cc1cccs1. The number of amides is 2. The Morgan fingerprint density at radius 3 is 2.77 bits per heavy atom. The molecule has 0 aliphatic carbocycles. The summed E-state index contributed by atoms with van der Waals surface area (Å²) in [7, 11) is 0. The van der Waals surface area contributed by atoms with Crippen molar-refractivity contribution in [2.45, 2.75) is 32.0 Å². The third-order valence-corrected chi connectivity index (χ3v) is 4.71. The molecule has 114 valence electrons. The van der Waals surface area contributed by atoms with Crippen molar-refractivity contribution in [1.82, 2.24) is 10.2 Å². The molecule has 1 N–H and O–H groups in total. The van der Waals surface area contributed by atoms with Gasteiger partial charge in [-0.3, -0.25) is 9.59 Å². The number of benzene rings is 1. The van der Waals surface area contributed by atoms with E-state index >= 15 is 0 Å². The van der Waals surface area contributed by atoms with Crippen LogP contribution in [0.4, 0.5) is 0 Å². The Labute approximate surface area is 133 Å². The zero-order chi connectivity index (χ0) is 15.4. The minimum absolute atomic E-state index is 0.0632. The zero-order valence-electron chi connectivity index (χ0n) is 12.2. The van der Waals surface area contributed by atoms with Crippen molar-refractivity contribution in [3.8, 4) is 0 Å². The molecule has 1 fully saturated rings. The third-order valence-electron chi connectivity index (χ3n) is 3.85. The number of nitrogens with one attached hydrogen (secondary N) is 1. The lowest BCUT2D eigenvalue weighted by Crippen LogP contribution is -2.43. The van der Waals surface area contributed by atoms with Gasteiger partial charge in [-0.2, -0.15) is 0 Å². The number of likely N-dealkylation sites (tertiary alicyclic amines) is 1. The molecule has 5 heteroatoms. The smallest absolute Gasteiger partial charge is 0.243 e. The van der Waals surface area contributed by atoms with E-state index in [1.807, 2.05) is 47.8 Å². The van der Waals surface area contributed by atoms with Gasteiger partial charge in [0.25, 0.3) is 0 Å². The second kappa shape index (κ2) is 6.75. The normalized spacial score (nSPS) is 17.7. The molecule has 0 bridgehead atoms. The van der Waals surface area contributed by atoms with Crippen LogP contribution in [0, 0.1) is 0 Å². The van der Waals surface area contributed by atoms with Gasteiger partial charge in [-0.15, -0.1) is 11.3 Å². The Hall–Kier alpha value is -2.14. The van der Waals surface area contributed by atoms with E-state index in [1.54, 1.807) is 16.2 Å². The lowest BCUT2D eigenvalue weighted by Gasteiger charge is -2.23. The Morgan fingerprint density at radius 1 is 1.23 bits per heavy atom. The number of hydrogen-bond acceptors (Lipinski definition) is 3. The highest BCUT2D eigenvalue weighted by atomic mass is 32.1. The number of nitrogens with zero attached hydrogens (tertiary/aromatic N) is 1. The van der Waals surface area contributed by atoms with Crippen LogP contribution in [0.1, 0.15) is 23.3 Å². The second-order valence-electron chi connectivity index (χ2n) is 5.36. The van der Waals surface area contributed by atoms with Crippen molar-refractivity contribution < 1.29 is 9.59 Å². The van der Waals surface area contributed by atoms with Gasteiger partial charge in [-0.05, 0) is 23.4 Å². The van der Waals surface area contributed by atoms with Gasteiger partial charge >= 0.3 is 0 Å². The molecule has 1 atom stereocenters. The Kier molecular flexibility index (Phi) is 4.53. The highest BCUT2D eigenvalue weighted by molar-refractivity contribution is 7.09. The highest BCUT2D eigenvalue weighted by Gasteiger charge is 2.35. The summed E-state index contributed by atoms with van der Waals surface area (Å²) >= 11 is 1.61. The molecule has 0 saturated carbocycles. The molecule has 2 amide bonds. The third kappa shape index (κ3) is 3.36. The number of hydrogen-bond donors (Lipinski definition) is 1. The molecule has 0 unspecified atom stereocenters. The molecule has 1 aliphatic rings. The molecule has 1 aromatic carbocycles. The van der Waals surface area contributed by atoms with Crippen LogP contribution < -0.4 is 5.32 Å². The molecule has 4 nitrogen and oxygen atoms in total. The molecule has 22 heavy (non-hydrogen) atoms. The van der Waals surface area contributed by atoms with Crippen LogP contribution >= 0.6 is 11.3 Å².